The highest BCUT2D eigenvalue weighted by atomic mass is 79.9. The number of hydrogen-bond acceptors (Lipinski definition) is 4. The van der Waals surface area contributed by atoms with Gasteiger partial charge in [0, 0.05) is 42.1 Å². The molecular formula is C13H22BrN3S. The molecule has 1 N–H and O–H groups in total. The van der Waals surface area contributed by atoms with Gasteiger partial charge in [0.05, 0.1) is 0 Å². The quantitative estimate of drug-likeness (QED) is 0.741. The summed E-state index contributed by atoms with van der Waals surface area (Å²) in [5, 5.41) is 3.44. The molecule has 0 bridgehead atoms. The number of pyridine rings is 1. The molecule has 0 saturated heterocycles. The van der Waals surface area contributed by atoms with E-state index in [0.29, 0.717) is 0 Å². The van der Waals surface area contributed by atoms with Gasteiger partial charge in [-0.2, -0.15) is 11.8 Å². The van der Waals surface area contributed by atoms with E-state index in [9.17, 15) is 0 Å². The molecule has 0 radical (unpaired) electrons. The maximum Gasteiger partial charge on any atom is 0.132 e. The predicted molar refractivity (Wildman–Crippen MR) is 85.6 cm³/mol. The molecule has 1 aromatic heterocycles. The lowest BCUT2D eigenvalue weighted by molar-refractivity contribution is 0.672. The van der Waals surface area contributed by atoms with E-state index in [-0.39, 0.29) is 0 Å². The van der Waals surface area contributed by atoms with Crippen molar-refractivity contribution < 1.29 is 0 Å². The summed E-state index contributed by atoms with van der Waals surface area (Å²) in [6, 6.07) is 2.15. The van der Waals surface area contributed by atoms with Crippen LogP contribution in [0, 0.1) is 0 Å². The van der Waals surface area contributed by atoms with Gasteiger partial charge in [0.1, 0.15) is 5.82 Å². The van der Waals surface area contributed by atoms with Crippen molar-refractivity contribution in [1.29, 1.82) is 0 Å². The van der Waals surface area contributed by atoms with Crippen molar-refractivity contribution in [2.75, 3.05) is 37.0 Å². The van der Waals surface area contributed by atoms with Crippen molar-refractivity contribution >= 4 is 33.5 Å². The number of thioether (sulfide) groups is 1. The highest BCUT2D eigenvalue weighted by Crippen LogP contribution is 2.21. The fourth-order valence-corrected chi connectivity index (χ4v) is 2.52. The van der Waals surface area contributed by atoms with E-state index >= 15 is 0 Å². The Morgan fingerprint density at radius 3 is 2.94 bits per heavy atom. The first kappa shape index (κ1) is 15.8. The smallest absolute Gasteiger partial charge is 0.132 e. The summed E-state index contributed by atoms with van der Waals surface area (Å²) in [5.41, 5.74) is 1.25. The maximum atomic E-state index is 4.54. The average molecular weight is 332 g/mol. The van der Waals surface area contributed by atoms with Crippen LogP contribution in [0.4, 0.5) is 5.82 Å². The minimum Gasteiger partial charge on any atom is -0.359 e. The van der Waals surface area contributed by atoms with Gasteiger partial charge in [-0.15, -0.1) is 0 Å². The Labute approximate surface area is 123 Å². The summed E-state index contributed by atoms with van der Waals surface area (Å²) >= 11 is 5.35. The Hall–Kier alpha value is -0.260. The lowest BCUT2D eigenvalue weighted by Crippen LogP contribution is -2.24. The van der Waals surface area contributed by atoms with Gasteiger partial charge in [0.15, 0.2) is 0 Å². The molecule has 1 rings (SSSR count). The zero-order valence-electron chi connectivity index (χ0n) is 11.4. The second-order valence-corrected chi connectivity index (χ2v) is 6.13. The molecule has 18 heavy (non-hydrogen) atoms. The van der Waals surface area contributed by atoms with Crippen molar-refractivity contribution in [3.05, 3.63) is 22.3 Å². The van der Waals surface area contributed by atoms with Crippen molar-refractivity contribution in [1.82, 2.24) is 10.3 Å². The molecule has 0 amide bonds. The largest absolute Gasteiger partial charge is 0.359 e. The normalized spacial score (nSPS) is 10.7. The third kappa shape index (κ3) is 5.16. The summed E-state index contributed by atoms with van der Waals surface area (Å²) in [4.78, 5) is 6.77. The van der Waals surface area contributed by atoms with Crippen molar-refractivity contribution in [3.8, 4) is 0 Å². The molecule has 1 heterocycles. The standard InChI is InChI=1S/C13H22BrN3S/c1-4-5-15-9-11-8-12(14)10-16-13(11)17(2)6-7-18-3/h8,10,15H,4-7,9H2,1-3H3. The van der Waals surface area contributed by atoms with Gasteiger partial charge in [-0.25, -0.2) is 4.98 Å². The zero-order valence-corrected chi connectivity index (χ0v) is 13.8. The Morgan fingerprint density at radius 2 is 2.28 bits per heavy atom. The van der Waals surface area contributed by atoms with Crippen LogP contribution in [-0.4, -0.2) is 37.1 Å². The number of hydrogen-bond donors (Lipinski definition) is 1. The molecule has 1 aromatic rings. The van der Waals surface area contributed by atoms with E-state index in [2.05, 4.69) is 57.4 Å². The molecule has 0 saturated carbocycles. The number of anilines is 1. The van der Waals surface area contributed by atoms with Crippen LogP contribution in [0.1, 0.15) is 18.9 Å². The van der Waals surface area contributed by atoms with E-state index in [4.69, 9.17) is 0 Å². The summed E-state index contributed by atoms with van der Waals surface area (Å²) in [7, 11) is 2.11. The fourth-order valence-electron chi connectivity index (χ4n) is 1.68. The SMILES string of the molecule is CCCNCc1cc(Br)cnc1N(C)CCSC. The van der Waals surface area contributed by atoms with Crippen LogP contribution >= 0.6 is 27.7 Å². The van der Waals surface area contributed by atoms with E-state index in [1.54, 1.807) is 0 Å². The van der Waals surface area contributed by atoms with Crippen LogP contribution in [0.2, 0.25) is 0 Å². The van der Waals surface area contributed by atoms with Crippen molar-refractivity contribution in [2.24, 2.45) is 0 Å². The van der Waals surface area contributed by atoms with Crippen molar-refractivity contribution in [2.45, 2.75) is 19.9 Å². The number of halogens is 1. The molecule has 0 fully saturated rings. The first-order valence-electron chi connectivity index (χ1n) is 6.24. The topological polar surface area (TPSA) is 28.2 Å². The molecule has 0 aliphatic rings. The monoisotopic (exact) mass is 331 g/mol. The second-order valence-electron chi connectivity index (χ2n) is 4.23. The Kier molecular flexibility index (Phi) is 7.70. The minimum absolute atomic E-state index is 0.874. The minimum atomic E-state index is 0.874. The van der Waals surface area contributed by atoms with Gasteiger partial charge in [-0.1, -0.05) is 6.92 Å². The predicted octanol–water partition coefficient (Wildman–Crippen LogP) is 3.14. The summed E-state index contributed by atoms with van der Waals surface area (Å²) < 4.78 is 1.04. The lowest BCUT2D eigenvalue weighted by Gasteiger charge is -2.21. The van der Waals surface area contributed by atoms with Gasteiger partial charge in [0.2, 0.25) is 0 Å². The van der Waals surface area contributed by atoms with Crippen LogP contribution in [0.25, 0.3) is 0 Å². The second kappa shape index (κ2) is 8.77. The highest BCUT2D eigenvalue weighted by Gasteiger charge is 2.09. The maximum absolute atomic E-state index is 4.54. The number of aromatic nitrogens is 1. The summed E-state index contributed by atoms with van der Waals surface area (Å²) in [6.45, 7) is 5.12. The molecule has 0 unspecified atom stereocenters. The fraction of sp³-hybridized carbons (Fsp3) is 0.615. The van der Waals surface area contributed by atoms with Gasteiger partial charge in [-0.3, -0.25) is 0 Å². The van der Waals surface area contributed by atoms with Crippen LogP contribution in [-0.2, 0) is 6.54 Å². The van der Waals surface area contributed by atoms with E-state index < -0.39 is 0 Å². The Bertz CT molecular complexity index is 360. The summed E-state index contributed by atoms with van der Waals surface area (Å²) in [5.74, 6) is 2.20. The molecule has 102 valence electrons. The Morgan fingerprint density at radius 1 is 1.50 bits per heavy atom. The molecule has 3 nitrogen and oxygen atoms in total. The molecule has 0 atom stereocenters. The molecule has 0 spiro atoms. The van der Waals surface area contributed by atoms with E-state index in [1.807, 2.05) is 18.0 Å². The molecular weight excluding hydrogens is 310 g/mol. The number of nitrogens with one attached hydrogen (secondary N) is 1. The zero-order chi connectivity index (χ0) is 13.4. The first-order chi connectivity index (χ1) is 8.69. The van der Waals surface area contributed by atoms with Crippen LogP contribution in [0.15, 0.2) is 16.7 Å². The third-order valence-corrected chi connectivity index (χ3v) is 3.67. The molecule has 0 aromatic carbocycles. The van der Waals surface area contributed by atoms with Crippen LogP contribution < -0.4 is 10.2 Å². The first-order valence-corrected chi connectivity index (χ1v) is 8.43. The summed E-state index contributed by atoms with van der Waals surface area (Å²) in [6.07, 6.45) is 5.15. The lowest BCUT2D eigenvalue weighted by atomic mass is 10.2. The number of rotatable bonds is 8. The van der Waals surface area contributed by atoms with Crippen LogP contribution in [0.5, 0.6) is 0 Å². The van der Waals surface area contributed by atoms with Gasteiger partial charge in [-0.05, 0) is 41.2 Å². The van der Waals surface area contributed by atoms with Gasteiger partial charge < -0.3 is 10.2 Å². The third-order valence-electron chi connectivity index (χ3n) is 2.64. The number of nitrogens with zero attached hydrogens (tertiary/aromatic N) is 2. The average Bonchev–Trinajstić information content (AvgIpc) is 2.36. The van der Waals surface area contributed by atoms with Gasteiger partial charge >= 0.3 is 0 Å². The molecule has 0 aliphatic heterocycles. The van der Waals surface area contributed by atoms with E-state index in [1.165, 1.54) is 5.56 Å². The highest BCUT2D eigenvalue weighted by molar-refractivity contribution is 9.10. The van der Waals surface area contributed by atoms with Gasteiger partial charge in [0.25, 0.3) is 0 Å². The Balaban J connectivity index is 2.74. The van der Waals surface area contributed by atoms with E-state index in [0.717, 1.165) is 42.1 Å². The molecule has 5 heteroatoms. The molecule has 0 aliphatic carbocycles. The van der Waals surface area contributed by atoms with Crippen molar-refractivity contribution in [3.63, 3.8) is 0 Å². The van der Waals surface area contributed by atoms with Crippen LogP contribution in [0.3, 0.4) is 0 Å².